The number of hydrogen-bond acceptors (Lipinski definition) is 2. The largest absolute Gasteiger partial charge is 0.308 e. The molecule has 0 radical (unpaired) electrons. The van der Waals surface area contributed by atoms with Crippen LogP contribution in [0.1, 0.15) is 45.2 Å². The van der Waals surface area contributed by atoms with Gasteiger partial charge in [-0.25, -0.2) is 0 Å². The van der Waals surface area contributed by atoms with Crippen LogP contribution >= 0.6 is 0 Å². The average Bonchev–Trinajstić information content (AvgIpc) is 3.24. The molecule has 2 heteroatoms. The van der Waals surface area contributed by atoms with Crippen molar-refractivity contribution in [1.29, 1.82) is 0 Å². The van der Waals surface area contributed by atoms with E-state index in [1.165, 1.54) is 24.9 Å². The first-order valence-corrected chi connectivity index (χ1v) is 7.66. The van der Waals surface area contributed by atoms with Crippen molar-refractivity contribution in [2.75, 3.05) is 13.1 Å². The Balaban J connectivity index is 1.82. The van der Waals surface area contributed by atoms with Crippen LogP contribution in [0.2, 0.25) is 0 Å². The summed E-state index contributed by atoms with van der Waals surface area (Å²) in [6.07, 6.45) is 2.82. The Morgan fingerprint density at radius 2 is 1.89 bits per heavy atom. The normalized spacial score (nSPS) is 32.7. The van der Waals surface area contributed by atoms with Crippen molar-refractivity contribution in [2.24, 2.45) is 5.92 Å². The summed E-state index contributed by atoms with van der Waals surface area (Å²) in [5, 5.41) is 3.85. The average molecular weight is 258 g/mol. The summed E-state index contributed by atoms with van der Waals surface area (Å²) < 4.78 is 0. The molecule has 1 heterocycles. The zero-order valence-corrected chi connectivity index (χ0v) is 12.4. The van der Waals surface area contributed by atoms with Crippen LogP contribution in [0, 0.1) is 5.92 Å². The van der Waals surface area contributed by atoms with E-state index in [0.717, 1.165) is 12.5 Å². The molecule has 1 N–H and O–H groups in total. The maximum Gasteiger partial charge on any atom is 0.0476 e. The van der Waals surface area contributed by atoms with Gasteiger partial charge < -0.3 is 5.32 Å². The SMILES string of the molecule is CC(C)N1CC(C)(C2CC2)NCC1c1ccccc1. The molecule has 1 aliphatic carbocycles. The minimum absolute atomic E-state index is 0.329. The maximum absolute atomic E-state index is 3.85. The highest BCUT2D eigenvalue weighted by molar-refractivity contribution is 5.21. The number of nitrogens with one attached hydrogen (secondary N) is 1. The predicted octanol–water partition coefficient (Wildman–Crippen LogP) is 3.21. The third kappa shape index (κ3) is 2.56. The molecule has 2 nitrogen and oxygen atoms in total. The van der Waals surface area contributed by atoms with E-state index in [-0.39, 0.29) is 0 Å². The van der Waals surface area contributed by atoms with Crippen LogP contribution in [-0.2, 0) is 0 Å². The van der Waals surface area contributed by atoms with Gasteiger partial charge in [-0.15, -0.1) is 0 Å². The first-order valence-electron chi connectivity index (χ1n) is 7.66. The lowest BCUT2D eigenvalue weighted by Crippen LogP contribution is -2.62. The van der Waals surface area contributed by atoms with E-state index in [9.17, 15) is 0 Å². The molecule has 104 valence electrons. The van der Waals surface area contributed by atoms with Gasteiger partial charge in [0.2, 0.25) is 0 Å². The summed E-state index contributed by atoms with van der Waals surface area (Å²) in [4.78, 5) is 2.68. The summed E-state index contributed by atoms with van der Waals surface area (Å²) in [5.41, 5.74) is 1.77. The summed E-state index contributed by atoms with van der Waals surface area (Å²) in [5.74, 6) is 0.894. The molecule has 0 spiro atoms. The number of nitrogens with zero attached hydrogens (tertiary/aromatic N) is 1. The van der Waals surface area contributed by atoms with Crippen molar-refractivity contribution in [1.82, 2.24) is 10.2 Å². The Labute approximate surface area is 117 Å². The molecule has 2 fully saturated rings. The lowest BCUT2D eigenvalue weighted by molar-refractivity contribution is 0.0494. The second kappa shape index (κ2) is 4.92. The lowest BCUT2D eigenvalue weighted by atomic mass is 9.88. The molecule has 1 saturated carbocycles. The number of rotatable bonds is 3. The van der Waals surface area contributed by atoms with Gasteiger partial charge in [0.05, 0.1) is 0 Å². The Hall–Kier alpha value is -0.860. The van der Waals surface area contributed by atoms with Crippen LogP contribution in [0.3, 0.4) is 0 Å². The predicted molar refractivity (Wildman–Crippen MR) is 80.2 cm³/mol. The molecule has 2 atom stereocenters. The van der Waals surface area contributed by atoms with Crippen molar-refractivity contribution in [3.63, 3.8) is 0 Å². The van der Waals surface area contributed by atoms with Crippen LogP contribution in [0.4, 0.5) is 0 Å². The van der Waals surface area contributed by atoms with Gasteiger partial charge >= 0.3 is 0 Å². The number of hydrogen-bond donors (Lipinski definition) is 1. The van der Waals surface area contributed by atoms with Crippen LogP contribution < -0.4 is 5.32 Å². The zero-order chi connectivity index (χ0) is 13.5. The highest BCUT2D eigenvalue weighted by Crippen LogP contribution is 2.43. The van der Waals surface area contributed by atoms with Crippen LogP contribution in [-0.4, -0.2) is 29.6 Å². The molecule has 1 aromatic rings. The van der Waals surface area contributed by atoms with Gasteiger partial charge in [-0.2, -0.15) is 0 Å². The quantitative estimate of drug-likeness (QED) is 0.895. The molecule has 0 bridgehead atoms. The Kier molecular flexibility index (Phi) is 3.40. The summed E-state index contributed by atoms with van der Waals surface area (Å²) >= 11 is 0. The fourth-order valence-electron chi connectivity index (χ4n) is 3.51. The van der Waals surface area contributed by atoms with E-state index in [0.29, 0.717) is 17.6 Å². The lowest BCUT2D eigenvalue weighted by Gasteiger charge is -2.48. The molecule has 3 rings (SSSR count). The molecular weight excluding hydrogens is 232 g/mol. The van der Waals surface area contributed by atoms with Crippen LogP contribution in [0.25, 0.3) is 0 Å². The van der Waals surface area contributed by atoms with E-state index in [4.69, 9.17) is 0 Å². The first kappa shape index (κ1) is 13.1. The second-order valence-corrected chi connectivity index (χ2v) is 6.77. The molecule has 2 unspecified atom stereocenters. The number of benzene rings is 1. The molecule has 0 aromatic heterocycles. The molecule has 19 heavy (non-hydrogen) atoms. The van der Waals surface area contributed by atoms with Crippen molar-refractivity contribution in [3.05, 3.63) is 35.9 Å². The minimum Gasteiger partial charge on any atom is -0.308 e. The molecule has 0 amide bonds. The van der Waals surface area contributed by atoms with E-state index in [1.807, 2.05) is 0 Å². The topological polar surface area (TPSA) is 15.3 Å². The van der Waals surface area contributed by atoms with Crippen molar-refractivity contribution in [3.8, 4) is 0 Å². The highest BCUT2D eigenvalue weighted by atomic mass is 15.3. The fourth-order valence-corrected chi connectivity index (χ4v) is 3.51. The molecule has 2 aliphatic rings. The third-order valence-corrected chi connectivity index (χ3v) is 4.94. The Morgan fingerprint density at radius 1 is 1.21 bits per heavy atom. The van der Waals surface area contributed by atoms with Gasteiger partial charge in [-0.3, -0.25) is 4.90 Å². The number of piperazine rings is 1. The molecule has 1 aliphatic heterocycles. The standard InChI is InChI=1S/C17H26N2/c1-13(2)19-12-17(3,15-9-10-15)18-11-16(19)14-7-5-4-6-8-14/h4-8,13,15-16,18H,9-12H2,1-3H3. The van der Waals surface area contributed by atoms with E-state index in [2.05, 4.69) is 61.3 Å². The summed E-state index contributed by atoms with van der Waals surface area (Å²) in [7, 11) is 0. The molecule has 1 saturated heterocycles. The van der Waals surface area contributed by atoms with Gasteiger partial charge in [-0.05, 0) is 45.1 Å². The van der Waals surface area contributed by atoms with Gasteiger partial charge in [-0.1, -0.05) is 30.3 Å². The molecule has 1 aromatic carbocycles. The van der Waals surface area contributed by atoms with Gasteiger partial charge in [0.1, 0.15) is 0 Å². The summed E-state index contributed by atoms with van der Waals surface area (Å²) in [6, 6.07) is 12.1. The zero-order valence-electron chi connectivity index (χ0n) is 12.4. The Morgan fingerprint density at radius 3 is 2.47 bits per heavy atom. The van der Waals surface area contributed by atoms with E-state index >= 15 is 0 Å². The van der Waals surface area contributed by atoms with Gasteiger partial charge in [0, 0.05) is 30.7 Å². The fraction of sp³-hybridized carbons (Fsp3) is 0.647. The van der Waals surface area contributed by atoms with Gasteiger partial charge in [0.15, 0.2) is 0 Å². The highest BCUT2D eigenvalue weighted by Gasteiger charge is 2.46. The van der Waals surface area contributed by atoms with Crippen molar-refractivity contribution in [2.45, 2.75) is 51.2 Å². The Bertz CT molecular complexity index is 424. The van der Waals surface area contributed by atoms with E-state index < -0.39 is 0 Å². The van der Waals surface area contributed by atoms with Crippen molar-refractivity contribution >= 4 is 0 Å². The van der Waals surface area contributed by atoms with Gasteiger partial charge in [0.25, 0.3) is 0 Å². The maximum atomic E-state index is 3.85. The summed E-state index contributed by atoms with van der Waals surface area (Å²) in [6.45, 7) is 9.33. The second-order valence-electron chi connectivity index (χ2n) is 6.77. The first-order chi connectivity index (χ1) is 9.10. The monoisotopic (exact) mass is 258 g/mol. The third-order valence-electron chi connectivity index (χ3n) is 4.94. The van der Waals surface area contributed by atoms with E-state index in [1.54, 1.807) is 0 Å². The van der Waals surface area contributed by atoms with Crippen molar-refractivity contribution < 1.29 is 0 Å². The molecular formula is C17H26N2. The smallest absolute Gasteiger partial charge is 0.0476 e. The van der Waals surface area contributed by atoms with Crippen LogP contribution in [0.15, 0.2) is 30.3 Å². The van der Waals surface area contributed by atoms with Crippen LogP contribution in [0.5, 0.6) is 0 Å². The minimum atomic E-state index is 0.329.